The zero-order valence-electron chi connectivity index (χ0n) is 10.7. The largest absolute Gasteiger partial charge is 0.388 e. The molecule has 2 rings (SSSR count). The molecule has 0 amide bonds. The van der Waals surface area contributed by atoms with Gasteiger partial charge < -0.3 is 10.4 Å². The highest BCUT2D eigenvalue weighted by Crippen LogP contribution is 2.34. The Morgan fingerprint density at radius 3 is 2.41 bits per heavy atom. The van der Waals surface area contributed by atoms with E-state index in [1.54, 1.807) is 0 Å². The predicted molar refractivity (Wildman–Crippen MR) is 70.7 cm³/mol. The summed E-state index contributed by atoms with van der Waals surface area (Å²) in [4.78, 5) is 0. The van der Waals surface area contributed by atoms with Crippen LogP contribution in [0.15, 0.2) is 24.3 Å². The molecule has 0 heterocycles. The third-order valence-corrected chi connectivity index (χ3v) is 3.80. The first-order chi connectivity index (χ1) is 8.31. The first kappa shape index (κ1) is 12.6. The average molecular weight is 233 g/mol. The normalized spacial score (nSPS) is 19.2. The fourth-order valence-corrected chi connectivity index (χ4v) is 2.76. The molecule has 17 heavy (non-hydrogen) atoms. The molecule has 1 unspecified atom stereocenters. The SMILES string of the molecule is CNCc1ccc(C(O)C2CCCCC2)cc1. The van der Waals surface area contributed by atoms with Gasteiger partial charge in [0.15, 0.2) is 0 Å². The molecule has 1 aromatic carbocycles. The fourth-order valence-electron chi connectivity index (χ4n) is 2.76. The average Bonchev–Trinajstić information content (AvgIpc) is 2.40. The molecule has 2 N–H and O–H groups in total. The summed E-state index contributed by atoms with van der Waals surface area (Å²) in [6.45, 7) is 0.889. The van der Waals surface area contributed by atoms with Crippen molar-refractivity contribution < 1.29 is 5.11 Å². The van der Waals surface area contributed by atoms with Gasteiger partial charge >= 0.3 is 0 Å². The summed E-state index contributed by atoms with van der Waals surface area (Å²) in [5, 5.41) is 13.5. The maximum atomic E-state index is 10.4. The minimum atomic E-state index is -0.265. The second-order valence-corrected chi connectivity index (χ2v) is 5.11. The summed E-state index contributed by atoms with van der Waals surface area (Å²) in [6.07, 6.45) is 5.99. The van der Waals surface area contributed by atoms with Crippen LogP contribution in [-0.4, -0.2) is 12.2 Å². The van der Waals surface area contributed by atoms with E-state index in [0.717, 1.165) is 12.1 Å². The van der Waals surface area contributed by atoms with Gasteiger partial charge in [-0.25, -0.2) is 0 Å². The first-order valence-electron chi connectivity index (χ1n) is 6.73. The van der Waals surface area contributed by atoms with Gasteiger partial charge in [-0.3, -0.25) is 0 Å². The van der Waals surface area contributed by atoms with E-state index in [1.807, 2.05) is 7.05 Å². The van der Waals surface area contributed by atoms with Gasteiger partial charge in [0, 0.05) is 6.54 Å². The van der Waals surface area contributed by atoms with Gasteiger partial charge in [0.2, 0.25) is 0 Å². The second kappa shape index (κ2) is 6.18. The highest BCUT2D eigenvalue weighted by Gasteiger charge is 2.22. The maximum absolute atomic E-state index is 10.4. The van der Waals surface area contributed by atoms with Crippen LogP contribution >= 0.6 is 0 Å². The number of rotatable bonds is 4. The number of benzene rings is 1. The van der Waals surface area contributed by atoms with Gasteiger partial charge in [-0.2, -0.15) is 0 Å². The molecule has 0 spiro atoms. The van der Waals surface area contributed by atoms with E-state index in [1.165, 1.54) is 37.7 Å². The molecule has 2 heteroatoms. The number of hydrogen-bond donors (Lipinski definition) is 2. The molecule has 1 saturated carbocycles. The lowest BCUT2D eigenvalue weighted by Crippen LogP contribution is -2.16. The Bertz CT molecular complexity index is 327. The molecule has 1 aliphatic rings. The standard InChI is InChI=1S/C15H23NO/c1-16-11-12-7-9-14(10-8-12)15(17)13-5-3-2-4-6-13/h7-10,13,15-17H,2-6,11H2,1H3. The molecule has 94 valence electrons. The van der Waals surface area contributed by atoms with Crippen LogP contribution in [0.25, 0.3) is 0 Å². The number of hydrogen-bond acceptors (Lipinski definition) is 2. The van der Waals surface area contributed by atoms with Gasteiger partial charge in [-0.15, -0.1) is 0 Å². The molecule has 2 nitrogen and oxygen atoms in total. The van der Waals surface area contributed by atoms with Gasteiger partial charge in [0.1, 0.15) is 0 Å². The third-order valence-electron chi connectivity index (χ3n) is 3.80. The van der Waals surface area contributed by atoms with Crippen molar-refractivity contribution in [1.82, 2.24) is 5.32 Å². The number of nitrogens with one attached hydrogen (secondary N) is 1. The van der Waals surface area contributed by atoms with Gasteiger partial charge in [-0.1, -0.05) is 43.5 Å². The van der Waals surface area contributed by atoms with E-state index in [9.17, 15) is 5.11 Å². The van der Waals surface area contributed by atoms with E-state index in [-0.39, 0.29) is 6.10 Å². The summed E-state index contributed by atoms with van der Waals surface area (Å²) >= 11 is 0. The first-order valence-corrected chi connectivity index (χ1v) is 6.73. The molecular weight excluding hydrogens is 210 g/mol. The quantitative estimate of drug-likeness (QED) is 0.838. The van der Waals surface area contributed by atoms with E-state index in [2.05, 4.69) is 29.6 Å². The Labute approximate surface area is 104 Å². The van der Waals surface area contributed by atoms with Crippen molar-refractivity contribution in [2.75, 3.05) is 7.05 Å². The number of aliphatic hydroxyl groups is 1. The molecular formula is C15H23NO. The highest BCUT2D eigenvalue weighted by atomic mass is 16.3. The van der Waals surface area contributed by atoms with Crippen LogP contribution in [0.3, 0.4) is 0 Å². The zero-order chi connectivity index (χ0) is 12.1. The van der Waals surface area contributed by atoms with Crippen LogP contribution in [0.5, 0.6) is 0 Å². The van der Waals surface area contributed by atoms with E-state index in [0.29, 0.717) is 5.92 Å². The van der Waals surface area contributed by atoms with Crippen LogP contribution in [0.2, 0.25) is 0 Å². The van der Waals surface area contributed by atoms with Crippen molar-refractivity contribution >= 4 is 0 Å². The zero-order valence-corrected chi connectivity index (χ0v) is 10.7. The lowest BCUT2D eigenvalue weighted by Gasteiger charge is -2.26. The van der Waals surface area contributed by atoms with Crippen molar-refractivity contribution in [2.45, 2.75) is 44.8 Å². The lowest BCUT2D eigenvalue weighted by molar-refractivity contribution is 0.0848. The Balaban J connectivity index is 2.00. The third kappa shape index (κ3) is 3.30. The van der Waals surface area contributed by atoms with E-state index < -0.39 is 0 Å². The predicted octanol–water partition coefficient (Wildman–Crippen LogP) is 3.02. The van der Waals surface area contributed by atoms with Crippen LogP contribution in [-0.2, 0) is 6.54 Å². The summed E-state index contributed by atoms with van der Waals surface area (Å²) in [5.41, 5.74) is 2.35. The Morgan fingerprint density at radius 2 is 1.82 bits per heavy atom. The maximum Gasteiger partial charge on any atom is 0.0818 e. The fraction of sp³-hybridized carbons (Fsp3) is 0.600. The minimum Gasteiger partial charge on any atom is -0.388 e. The van der Waals surface area contributed by atoms with Crippen molar-refractivity contribution in [3.05, 3.63) is 35.4 Å². The van der Waals surface area contributed by atoms with Gasteiger partial charge in [0.25, 0.3) is 0 Å². The Hall–Kier alpha value is -0.860. The lowest BCUT2D eigenvalue weighted by atomic mass is 9.82. The Morgan fingerprint density at radius 1 is 1.18 bits per heavy atom. The molecule has 0 saturated heterocycles. The molecule has 0 aliphatic heterocycles. The summed E-state index contributed by atoms with van der Waals surface area (Å²) < 4.78 is 0. The number of aliphatic hydroxyl groups excluding tert-OH is 1. The van der Waals surface area contributed by atoms with Crippen LogP contribution in [0, 0.1) is 5.92 Å². The van der Waals surface area contributed by atoms with Crippen molar-refractivity contribution in [2.24, 2.45) is 5.92 Å². The molecule has 0 radical (unpaired) electrons. The van der Waals surface area contributed by atoms with Crippen LogP contribution < -0.4 is 5.32 Å². The van der Waals surface area contributed by atoms with Gasteiger partial charge in [-0.05, 0) is 36.9 Å². The molecule has 1 aliphatic carbocycles. The Kier molecular flexibility index (Phi) is 4.57. The van der Waals surface area contributed by atoms with Crippen molar-refractivity contribution in [3.63, 3.8) is 0 Å². The monoisotopic (exact) mass is 233 g/mol. The minimum absolute atomic E-state index is 0.265. The van der Waals surface area contributed by atoms with Gasteiger partial charge in [0.05, 0.1) is 6.10 Å². The van der Waals surface area contributed by atoms with E-state index in [4.69, 9.17) is 0 Å². The smallest absolute Gasteiger partial charge is 0.0818 e. The van der Waals surface area contributed by atoms with Crippen molar-refractivity contribution in [1.29, 1.82) is 0 Å². The topological polar surface area (TPSA) is 32.3 Å². The summed E-state index contributed by atoms with van der Waals surface area (Å²) in [6, 6.07) is 8.37. The summed E-state index contributed by atoms with van der Waals surface area (Å²) in [5.74, 6) is 0.471. The second-order valence-electron chi connectivity index (χ2n) is 5.11. The van der Waals surface area contributed by atoms with E-state index >= 15 is 0 Å². The highest BCUT2D eigenvalue weighted by molar-refractivity contribution is 5.24. The molecule has 1 fully saturated rings. The molecule has 1 atom stereocenters. The van der Waals surface area contributed by atoms with Crippen molar-refractivity contribution in [3.8, 4) is 0 Å². The summed E-state index contributed by atoms with van der Waals surface area (Å²) in [7, 11) is 1.95. The van der Waals surface area contributed by atoms with Crippen LogP contribution in [0.1, 0.15) is 49.3 Å². The molecule has 0 aromatic heterocycles. The van der Waals surface area contributed by atoms with Crippen LogP contribution in [0.4, 0.5) is 0 Å². The molecule has 0 bridgehead atoms. The molecule has 1 aromatic rings.